The van der Waals surface area contributed by atoms with E-state index in [4.69, 9.17) is 14.6 Å². The summed E-state index contributed by atoms with van der Waals surface area (Å²) in [7, 11) is 0. The molecule has 0 spiro atoms. The minimum atomic E-state index is 0.0530. The number of ether oxygens (including phenoxy) is 2. The summed E-state index contributed by atoms with van der Waals surface area (Å²) in [5.41, 5.74) is 1.17. The van der Waals surface area contributed by atoms with E-state index in [9.17, 15) is 0 Å². The highest BCUT2D eigenvalue weighted by Crippen LogP contribution is 2.20. The number of hydrogen-bond acceptors (Lipinski definition) is 4. The smallest absolute Gasteiger partial charge is 0.121 e. The van der Waals surface area contributed by atoms with Crippen molar-refractivity contribution in [1.29, 1.82) is 0 Å². The van der Waals surface area contributed by atoms with Crippen molar-refractivity contribution in [2.75, 3.05) is 44.4 Å². The number of anilines is 1. The lowest BCUT2D eigenvalue weighted by atomic mass is 10.2. The Morgan fingerprint density at radius 3 is 2.56 bits per heavy atom. The van der Waals surface area contributed by atoms with Gasteiger partial charge in [-0.1, -0.05) is 6.07 Å². The Kier molecular flexibility index (Phi) is 7.22. The van der Waals surface area contributed by atoms with E-state index in [1.54, 1.807) is 0 Å². The van der Waals surface area contributed by atoms with Crippen LogP contribution in [0.4, 0.5) is 5.69 Å². The van der Waals surface area contributed by atoms with Crippen LogP contribution in [0.25, 0.3) is 0 Å². The zero-order chi connectivity index (χ0) is 13.2. The Balaban J connectivity index is 2.44. The number of rotatable bonds is 9. The zero-order valence-electron chi connectivity index (χ0n) is 11.3. The average molecular weight is 253 g/mol. The van der Waals surface area contributed by atoms with E-state index >= 15 is 0 Å². The summed E-state index contributed by atoms with van der Waals surface area (Å²) in [6.45, 7) is 7.66. The van der Waals surface area contributed by atoms with Crippen molar-refractivity contribution in [3.63, 3.8) is 0 Å². The van der Waals surface area contributed by atoms with E-state index in [0.717, 1.165) is 18.8 Å². The molecule has 0 unspecified atom stereocenters. The average Bonchev–Trinajstić information content (AvgIpc) is 2.40. The van der Waals surface area contributed by atoms with Gasteiger partial charge in [-0.2, -0.15) is 0 Å². The van der Waals surface area contributed by atoms with Gasteiger partial charge in [0.2, 0.25) is 0 Å². The van der Waals surface area contributed by atoms with Crippen LogP contribution in [0.5, 0.6) is 5.75 Å². The van der Waals surface area contributed by atoms with Gasteiger partial charge in [0.15, 0.2) is 0 Å². The second kappa shape index (κ2) is 8.78. The molecule has 0 radical (unpaired) electrons. The predicted octanol–water partition coefficient (Wildman–Crippen LogP) is 1.92. The Hall–Kier alpha value is -1.26. The van der Waals surface area contributed by atoms with Gasteiger partial charge in [-0.05, 0) is 26.0 Å². The fourth-order valence-electron chi connectivity index (χ4n) is 1.74. The molecule has 1 aromatic rings. The number of benzene rings is 1. The molecule has 102 valence electrons. The highest BCUT2D eigenvalue weighted by Gasteiger charge is 2.02. The minimum Gasteiger partial charge on any atom is -0.491 e. The molecular weight excluding hydrogens is 230 g/mol. The van der Waals surface area contributed by atoms with Crippen molar-refractivity contribution >= 4 is 5.69 Å². The molecule has 0 aliphatic carbocycles. The lowest BCUT2D eigenvalue weighted by Crippen LogP contribution is -2.21. The summed E-state index contributed by atoms with van der Waals surface area (Å²) in [4.78, 5) is 2.27. The second-order valence-electron chi connectivity index (χ2n) is 3.85. The van der Waals surface area contributed by atoms with Gasteiger partial charge in [0.05, 0.1) is 19.8 Å². The van der Waals surface area contributed by atoms with Crippen molar-refractivity contribution in [2.24, 2.45) is 0 Å². The summed E-state index contributed by atoms with van der Waals surface area (Å²) in [5, 5.41) is 8.56. The van der Waals surface area contributed by atoms with E-state index in [1.165, 1.54) is 5.69 Å². The van der Waals surface area contributed by atoms with Crippen LogP contribution in [0.1, 0.15) is 13.8 Å². The van der Waals surface area contributed by atoms with Crippen LogP contribution in [-0.4, -0.2) is 44.6 Å². The normalized spacial score (nSPS) is 10.4. The first kappa shape index (κ1) is 14.8. The van der Waals surface area contributed by atoms with Gasteiger partial charge in [0, 0.05) is 24.8 Å². The molecule has 0 aliphatic heterocycles. The van der Waals surface area contributed by atoms with Crippen LogP contribution in [0, 0.1) is 0 Å². The van der Waals surface area contributed by atoms with Crippen LogP contribution in [0.2, 0.25) is 0 Å². The molecule has 1 aromatic carbocycles. The van der Waals surface area contributed by atoms with Crippen molar-refractivity contribution in [3.05, 3.63) is 24.3 Å². The van der Waals surface area contributed by atoms with Crippen LogP contribution < -0.4 is 9.64 Å². The Labute approximate surface area is 109 Å². The molecule has 0 atom stereocenters. The molecule has 1 rings (SSSR count). The number of aliphatic hydroxyl groups excluding tert-OH is 1. The molecule has 0 saturated carbocycles. The Morgan fingerprint density at radius 1 is 1.11 bits per heavy atom. The summed E-state index contributed by atoms with van der Waals surface area (Å²) in [5.74, 6) is 0.854. The fourth-order valence-corrected chi connectivity index (χ4v) is 1.74. The quantitative estimate of drug-likeness (QED) is 0.683. The summed E-state index contributed by atoms with van der Waals surface area (Å²) in [6, 6.07) is 8.07. The van der Waals surface area contributed by atoms with Crippen LogP contribution in [0.3, 0.4) is 0 Å². The molecule has 0 saturated heterocycles. The first-order chi connectivity index (χ1) is 8.81. The van der Waals surface area contributed by atoms with E-state index in [-0.39, 0.29) is 6.61 Å². The first-order valence-corrected chi connectivity index (χ1v) is 6.48. The van der Waals surface area contributed by atoms with Crippen LogP contribution >= 0.6 is 0 Å². The first-order valence-electron chi connectivity index (χ1n) is 6.48. The van der Waals surface area contributed by atoms with E-state index in [1.807, 2.05) is 18.2 Å². The van der Waals surface area contributed by atoms with Gasteiger partial charge in [-0.25, -0.2) is 0 Å². The van der Waals surface area contributed by atoms with Crippen molar-refractivity contribution < 1.29 is 14.6 Å². The summed E-state index contributed by atoms with van der Waals surface area (Å²) >= 11 is 0. The maximum Gasteiger partial charge on any atom is 0.121 e. The third-order valence-electron chi connectivity index (χ3n) is 2.68. The van der Waals surface area contributed by atoms with Crippen molar-refractivity contribution in [3.8, 4) is 5.75 Å². The van der Waals surface area contributed by atoms with Crippen molar-refractivity contribution in [2.45, 2.75) is 13.8 Å². The summed E-state index contributed by atoms with van der Waals surface area (Å²) in [6.07, 6.45) is 0. The van der Waals surface area contributed by atoms with Gasteiger partial charge in [-0.3, -0.25) is 0 Å². The second-order valence-corrected chi connectivity index (χ2v) is 3.85. The molecule has 18 heavy (non-hydrogen) atoms. The van der Waals surface area contributed by atoms with Gasteiger partial charge >= 0.3 is 0 Å². The lowest BCUT2D eigenvalue weighted by Gasteiger charge is -2.21. The monoisotopic (exact) mass is 253 g/mol. The number of hydrogen-bond donors (Lipinski definition) is 1. The van der Waals surface area contributed by atoms with Gasteiger partial charge in [-0.15, -0.1) is 0 Å². The maximum absolute atomic E-state index is 8.56. The zero-order valence-corrected chi connectivity index (χ0v) is 11.3. The minimum absolute atomic E-state index is 0.0530. The molecule has 0 aliphatic rings. The highest BCUT2D eigenvalue weighted by atomic mass is 16.5. The highest BCUT2D eigenvalue weighted by molar-refractivity contribution is 5.50. The van der Waals surface area contributed by atoms with E-state index < -0.39 is 0 Å². The SMILES string of the molecule is CCN(CC)c1cccc(OCCOCCO)c1. The van der Waals surface area contributed by atoms with Gasteiger partial charge in [0.1, 0.15) is 12.4 Å². The fraction of sp³-hybridized carbons (Fsp3) is 0.571. The molecule has 0 amide bonds. The van der Waals surface area contributed by atoms with E-state index in [2.05, 4.69) is 24.8 Å². The molecule has 0 bridgehead atoms. The van der Waals surface area contributed by atoms with Crippen LogP contribution in [0.15, 0.2) is 24.3 Å². The largest absolute Gasteiger partial charge is 0.491 e. The standard InChI is InChI=1S/C14H23NO3/c1-3-15(4-2)13-6-5-7-14(12-13)18-11-10-17-9-8-16/h5-7,12,16H,3-4,8-11H2,1-2H3. The van der Waals surface area contributed by atoms with Gasteiger partial charge < -0.3 is 19.5 Å². The molecule has 4 nitrogen and oxygen atoms in total. The van der Waals surface area contributed by atoms with Gasteiger partial charge in [0.25, 0.3) is 0 Å². The van der Waals surface area contributed by atoms with Crippen LogP contribution in [-0.2, 0) is 4.74 Å². The third-order valence-corrected chi connectivity index (χ3v) is 2.68. The molecule has 4 heteroatoms. The maximum atomic E-state index is 8.56. The lowest BCUT2D eigenvalue weighted by molar-refractivity contribution is 0.0705. The third kappa shape index (κ3) is 4.94. The molecule has 0 heterocycles. The van der Waals surface area contributed by atoms with Crippen molar-refractivity contribution in [1.82, 2.24) is 0 Å². The topological polar surface area (TPSA) is 41.9 Å². The van der Waals surface area contributed by atoms with E-state index in [0.29, 0.717) is 19.8 Å². The predicted molar refractivity (Wildman–Crippen MR) is 73.4 cm³/mol. The number of aliphatic hydroxyl groups is 1. The molecule has 1 N–H and O–H groups in total. The molecular formula is C14H23NO3. The Morgan fingerprint density at radius 2 is 1.89 bits per heavy atom. The number of nitrogens with zero attached hydrogens (tertiary/aromatic N) is 1. The summed E-state index contributed by atoms with van der Waals surface area (Å²) < 4.78 is 10.7. The molecule has 0 aromatic heterocycles. The Bertz CT molecular complexity index is 327. The molecule has 0 fully saturated rings.